The molecule has 0 saturated carbocycles. The van der Waals surface area contributed by atoms with E-state index in [1.54, 1.807) is 0 Å². The summed E-state index contributed by atoms with van der Waals surface area (Å²) in [6.45, 7) is 9.37. The predicted molar refractivity (Wildman–Crippen MR) is 85.7 cm³/mol. The maximum atomic E-state index is 4.35. The molecule has 100 valence electrons. The van der Waals surface area contributed by atoms with E-state index in [-0.39, 0.29) is 0 Å². The third kappa shape index (κ3) is 5.50. The van der Waals surface area contributed by atoms with Gasteiger partial charge in [0.25, 0.3) is 0 Å². The zero-order chi connectivity index (χ0) is 12.5. The van der Waals surface area contributed by atoms with E-state index >= 15 is 0 Å². The fourth-order valence-electron chi connectivity index (χ4n) is 2.90. The summed E-state index contributed by atoms with van der Waals surface area (Å²) >= 11 is 4.35. The van der Waals surface area contributed by atoms with Crippen LogP contribution in [-0.4, -0.2) is 24.6 Å². The maximum absolute atomic E-state index is 4.35. The van der Waals surface area contributed by atoms with Crippen molar-refractivity contribution in [3.63, 3.8) is 0 Å². The Labute approximate surface area is 112 Å². The van der Waals surface area contributed by atoms with Gasteiger partial charge in [-0.2, -0.15) is 0 Å². The van der Waals surface area contributed by atoms with Crippen molar-refractivity contribution in [2.45, 2.75) is 66.2 Å². The molecule has 0 rings (SSSR count). The minimum absolute atomic E-state index is 1.35. The van der Waals surface area contributed by atoms with Crippen LogP contribution in [0.15, 0.2) is 0 Å². The number of halogens is 1. The molecule has 0 aromatic heterocycles. The molecule has 0 aromatic carbocycles. The average Bonchev–Trinajstić information content (AvgIpc) is 2.25. The molecule has 0 aliphatic heterocycles. The summed E-state index contributed by atoms with van der Waals surface area (Å²) in [4.78, 5) is 0. The van der Waals surface area contributed by atoms with Crippen LogP contribution in [0.25, 0.3) is 0 Å². The van der Waals surface area contributed by atoms with Crippen molar-refractivity contribution in [3.05, 3.63) is 0 Å². The Morgan fingerprint density at radius 3 is 1.25 bits per heavy atom. The summed E-state index contributed by atoms with van der Waals surface area (Å²) in [7, 11) is 0. The molecule has 0 aromatic rings. The summed E-state index contributed by atoms with van der Waals surface area (Å²) in [5.41, 5.74) is 0. The second-order valence-corrected chi connectivity index (χ2v) is 16.9. The van der Waals surface area contributed by atoms with Gasteiger partial charge in [-0.15, -0.1) is 0 Å². The molecule has 0 heterocycles. The minimum atomic E-state index is -1.50. The summed E-state index contributed by atoms with van der Waals surface area (Å²) in [5, 5.41) is -1.50. The molecule has 0 N–H and O–H groups in total. The molecule has 0 atom stereocenters. The van der Waals surface area contributed by atoms with Crippen LogP contribution in [0, 0.1) is 0 Å². The predicted octanol–water partition coefficient (Wildman–Crippen LogP) is 6.27. The zero-order valence-corrected chi connectivity index (χ0v) is 14.4. The molecule has 0 aliphatic rings. The van der Waals surface area contributed by atoms with E-state index in [2.05, 4.69) is 43.2 Å². The van der Waals surface area contributed by atoms with Crippen LogP contribution >= 0.6 is 20.8 Å². The van der Waals surface area contributed by atoms with Gasteiger partial charge in [0.2, 0.25) is 0 Å². The first kappa shape index (κ1) is 16.9. The van der Waals surface area contributed by atoms with Crippen molar-refractivity contribution in [1.82, 2.24) is 0 Å². The molecule has 16 heavy (non-hydrogen) atoms. The fraction of sp³-hybridized carbons (Fsp3) is 1.00. The van der Waals surface area contributed by atoms with Gasteiger partial charge in [0, 0.05) is 0 Å². The van der Waals surface area contributed by atoms with Gasteiger partial charge in [-0.1, -0.05) is 0 Å². The van der Waals surface area contributed by atoms with E-state index in [0.29, 0.717) is 0 Å². The molecule has 0 bridgehead atoms. The average molecular weight is 311 g/mol. The van der Waals surface area contributed by atoms with Gasteiger partial charge < -0.3 is 0 Å². The molecule has 0 unspecified atom stereocenters. The molecular formula is C14H32BrP. The van der Waals surface area contributed by atoms with Crippen molar-refractivity contribution in [1.29, 1.82) is 0 Å². The molecule has 0 fully saturated rings. The van der Waals surface area contributed by atoms with E-state index in [4.69, 9.17) is 0 Å². The number of hydrogen-bond acceptors (Lipinski definition) is 0. The van der Waals surface area contributed by atoms with E-state index < -0.39 is 5.31 Å². The van der Waals surface area contributed by atoms with E-state index in [1.165, 1.54) is 63.2 Å². The van der Waals surface area contributed by atoms with Gasteiger partial charge in [0.1, 0.15) is 0 Å². The van der Waals surface area contributed by atoms with Crippen LogP contribution in [0.5, 0.6) is 0 Å². The second kappa shape index (κ2) is 8.09. The summed E-state index contributed by atoms with van der Waals surface area (Å²) in [6.07, 6.45) is 14.2. The topological polar surface area (TPSA) is 0 Å². The van der Waals surface area contributed by atoms with Crippen LogP contribution in [-0.2, 0) is 0 Å². The quantitative estimate of drug-likeness (QED) is 0.417. The number of hydrogen-bond donors (Lipinski definition) is 0. The summed E-state index contributed by atoms with van der Waals surface area (Å²) in [6, 6.07) is 0. The van der Waals surface area contributed by atoms with Gasteiger partial charge in [-0.3, -0.25) is 0 Å². The van der Waals surface area contributed by atoms with Crippen LogP contribution in [0.1, 0.15) is 66.2 Å². The Morgan fingerprint density at radius 1 is 0.625 bits per heavy atom. The first-order valence-corrected chi connectivity index (χ1v) is 12.3. The van der Waals surface area contributed by atoms with Crippen molar-refractivity contribution in [2.24, 2.45) is 0 Å². The molecule has 0 radical (unpaired) electrons. The molecule has 0 spiro atoms. The Morgan fingerprint density at radius 2 is 1.00 bits per heavy atom. The van der Waals surface area contributed by atoms with Gasteiger partial charge in [0.15, 0.2) is 0 Å². The van der Waals surface area contributed by atoms with Crippen molar-refractivity contribution >= 4 is 20.8 Å². The van der Waals surface area contributed by atoms with Gasteiger partial charge in [-0.05, 0) is 0 Å². The molecule has 0 saturated heterocycles. The van der Waals surface area contributed by atoms with Crippen LogP contribution in [0.4, 0.5) is 0 Å². The number of unbranched alkanes of at least 4 members (excludes halogenated alkanes) is 2. The Balaban J connectivity index is 4.71. The third-order valence-corrected chi connectivity index (χ3v) is 14.0. The Hall–Kier alpha value is 0.910. The Bertz CT molecular complexity index is 162. The number of rotatable bonds is 10. The van der Waals surface area contributed by atoms with E-state index in [1.807, 2.05) is 0 Å². The van der Waals surface area contributed by atoms with Gasteiger partial charge >= 0.3 is 112 Å². The van der Waals surface area contributed by atoms with Gasteiger partial charge in [-0.25, -0.2) is 0 Å². The van der Waals surface area contributed by atoms with Crippen molar-refractivity contribution < 1.29 is 0 Å². The van der Waals surface area contributed by atoms with Gasteiger partial charge in [0.05, 0.1) is 0 Å². The SMILES string of the molecule is CCCCP(Br)(CCC)(CCC)CCCC. The molecule has 0 amide bonds. The van der Waals surface area contributed by atoms with Crippen molar-refractivity contribution in [2.75, 3.05) is 24.6 Å². The summed E-state index contributed by atoms with van der Waals surface area (Å²) in [5.74, 6) is 0. The van der Waals surface area contributed by atoms with Crippen LogP contribution in [0.3, 0.4) is 0 Å². The normalized spacial score (nSPS) is 14.7. The third-order valence-electron chi connectivity index (χ3n) is 3.71. The first-order chi connectivity index (χ1) is 7.54. The van der Waals surface area contributed by atoms with Crippen LogP contribution in [0.2, 0.25) is 0 Å². The molecule has 0 nitrogen and oxygen atoms in total. The van der Waals surface area contributed by atoms with E-state index in [0.717, 1.165) is 0 Å². The molecule has 2 heteroatoms. The van der Waals surface area contributed by atoms with Crippen LogP contribution < -0.4 is 0 Å². The second-order valence-electron chi connectivity index (χ2n) is 5.42. The molecular weight excluding hydrogens is 279 g/mol. The standard InChI is InChI=1S/C14H32BrP/c1-5-9-13-16(15,11-7-3,12-8-4)14-10-6-2/h5-14H2,1-4H3. The first-order valence-electron chi connectivity index (χ1n) is 7.26. The molecule has 0 aliphatic carbocycles. The Kier molecular flexibility index (Phi) is 8.55. The summed E-state index contributed by atoms with van der Waals surface area (Å²) < 4.78 is 0. The van der Waals surface area contributed by atoms with E-state index in [9.17, 15) is 0 Å². The zero-order valence-electron chi connectivity index (χ0n) is 11.9. The fourth-order valence-corrected chi connectivity index (χ4v) is 12.3. The monoisotopic (exact) mass is 310 g/mol. The van der Waals surface area contributed by atoms with Crippen molar-refractivity contribution in [3.8, 4) is 0 Å².